The topological polar surface area (TPSA) is 20.5 Å². The summed E-state index contributed by atoms with van der Waals surface area (Å²) in [5.74, 6) is 3.51. The predicted molar refractivity (Wildman–Crippen MR) is 84.9 cm³/mol. The van der Waals surface area contributed by atoms with Crippen LogP contribution < -0.4 is 4.90 Å². The van der Waals surface area contributed by atoms with Gasteiger partial charge in [0.25, 0.3) is 0 Å². The maximum absolute atomic E-state index is 6.18. The van der Waals surface area contributed by atoms with Crippen molar-refractivity contribution in [3.8, 4) is 0 Å². The number of anilines is 1. The molecule has 2 aromatic rings. The first-order valence-electron chi connectivity index (χ1n) is 7.62. The molecule has 2 aromatic heterocycles. The number of aromatic nitrogens is 2. The van der Waals surface area contributed by atoms with Gasteiger partial charge in [-0.15, -0.1) is 22.9 Å². The van der Waals surface area contributed by atoms with Crippen LogP contribution in [0.25, 0.3) is 4.96 Å². The number of thiazole rings is 1. The molecule has 0 bridgehead atoms. The fourth-order valence-electron chi connectivity index (χ4n) is 3.99. The lowest BCUT2D eigenvalue weighted by molar-refractivity contribution is 0.202. The minimum Gasteiger partial charge on any atom is -0.355 e. The minimum atomic E-state index is 0.540. The molecule has 5 heteroatoms. The summed E-state index contributed by atoms with van der Waals surface area (Å²) in [5, 5.41) is 2.08. The van der Waals surface area contributed by atoms with Gasteiger partial charge in [0.1, 0.15) is 0 Å². The molecular weight excluding hydrogens is 290 g/mol. The van der Waals surface area contributed by atoms with E-state index >= 15 is 0 Å². The van der Waals surface area contributed by atoms with Crippen molar-refractivity contribution in [1.82, 2.24) is 9.38 Å². The van der Waals surface area contributed by atoms with Gasteiger partial charge in [-0.25, -0.2) is 4.98 Å². The third-order valence-electron chi connectivity index (χ3n) is 5.06. The Kier molecular flexibility index (Phi) is 3.39. The number of fused-ring (bicyclic) bond motifs is 2. The van der Waals surface area contributed by atoms with Crippen molar-refractivity contribution >= 4 is 33.7 Å². The summed E-state index contributed by atoms with van der Waals surface area (Å²) in [4.78, 5) is 8.39. The van der Waals surface area contributed by atoms with Crippen molar-refractivity contribution in [1.29, 1.82) is 0 Å². The van der Waals surface area contributed by atoms with Crippen LogP contribution in [0.3, 0.4) is 0 Å². The maximum Gasteiger partial charge on any atom is 0.195 e. The molecule has 0 spiro atoms. The molecule has 0 N–H and O–H groups in total. The molecule has 0 aromatic carbocycles. The van der Waals surface area contributed by atoms with Crippen LogP contribution in [0.2, 0.25) is 0 Å². The number of rotatable bonds is 2. The van der Waals surface area contributed by atoms with Gasteiger partial charge < -0.3 is 4.90 Å². The number of nitrogens with zero attached hydrogens (tertiary/aromatic N) is 3. The second-order valence-electron chi connectivity index (χ2n) is 6.11. The van der Waals surface area contributed by atoms with Crippen molar-refractivity contribution in [2.24, 2.45) is 11.8 Å². The molecule has 1 aliphatic carbocycles. The molecule has 1 aliphatic heterocycles. The molecule has 1 saturated carbocycles. The number of halogens is 1. The number of imidazole rings is 1. The molecule has 0 amide bonds. The van der Waals surface area contributed by atoms with Gasteiger partial charge in [-0.3, -0.25) is 4.40 Å². The quantitative estimate of drug-likeness (QED) is 0.777. The first-order valence-corrected chi connectivity index (χ1v) is 9.03. The lowest BCUT2D eigenvalue weighted by Crippen LogP contribution is -2.42. The van der Waals surface area contributed by atoms with Gasteiger partial charge in [0, 0.05) is 24.7 Å². The van der Waals surface area contributed by atoms with Gasteiger partial charge in [0.15, 0.2) is 10.8 Å². The van der Waals surface area contributed by atoms with Gasteiger partial charge in [-0.05, 0) is 24.7 Å². The van der Waals surface area contributed by atoms with E-state index in [1.807, 2.05) is 0 Å². The Balaban J connectivity index is 1.64. The predicted octanol–water partition coefficient (Wildman–Crippen LogP) is 4.15. The molecular formula is C15H20ClN3S. The number of hydrogen-bond donors (Lipinski definition) is 0. The standard InChI is InChI=1S/C15H20ClN3S/c16-9-13-14(17-15-19(13)7-8-20-15)18-6-5-11-3-1-2-4-12(11)10-18/h7-8,11-12H,1-6,9-10H2. The third-order valence-corrected chi connectivity index (χ3v) is 6.07. The van der Waals surface area contributed by atoms with Crippen molar-refractivity contribution in [2.75, 3.05) is 18.0 Å². The molecule has 2 unspecified atom stereocenters. The summed E-state index contributed by atoms with van der Waals surface area (Å²) in [6, 6.07) is 0. The van der Waals surface area contributed by atoms with Gasteiger partial charge >= 0.3 is 0 Å². The van der Waals surface area contributed by atoms with E-state index in [1.165, 1.54) is 38.6 Å². The molecule has 1 saturated heterocycles. The van der Waals surface area contributed by atoms with Gasteiger partial charge in [0.05, 0.1) is 11.6 Å². The highest BCUT2D eigenvalue weighted by Crippen LogP contribution is 2.38. The zero-order valence-electron chi connectivity index (χ0n) is 11.6. The molecule has 4 rings (SSSR count). The number of alkyl halides is 1. The Morgan fingerprint density at radius 3 is 2.95 bits per heavy atom. The maximum atomic E-state index is 6.18. The molecule has 20 heavy (non-hydrogen) atoms. The zero-order chi connectivity index (χ0) is 13.5. The van der Waals surface area contributed by atoms with E-state index in [9.17, 15) is 0 Å². The Hall–Kier alpha value is -0.740. The fraction of sp³-hybridized carbons (Fsp3) is 0.667. The fourth-order valence-corrected chi connectivity index (χ4v) is 4.97. The van der Waals surface area contributed by atoms with Gasteiger partial charge in [-0.2, -0.15) is 0 Å². The normalized spacial score (nSPS) is 26.9. The largest absolute Gasteiger partial charge is 0.355 e. The molecule has 3 heterocycles. The van der Waals surface area contributed by atoms with E-state index in [0.717, 1.165) is 34.9 Å². The monoisotopic (exact) mass is 309 g/mol. The summed E-state index contributed by atoms with van der Waals surface area (Å²) >= 11 is 7.87. The van der Waals surface area contributed by atoms with Crippen LogP contribution in [0.1, 0.15) is 37.8 Å². The lowest BCUT2D eigenvalue weighted by Gasteiger charge is -2.41. The van der Waals surface area contributed by atoms with Gasteiger partial charge in [0.2, 0.25) is 0 Å². The Morgan fingerprint density at radius 1 is 1.25 bits per heavy atom. The summed E-state index contributed by atoms with van der Waals surface area (Å²) in [7, 11) is 0. The van der Waals surface area contributed by atoms with Crippen molar-refractivity contribution < 1.29 is 0 Å². The van der Waals surface area contributed by atoms with E-state index in [0.29, 0.717) is 5.88 Å². The van der Waals surface area contributed by atoms with Crippen LogP contribution in [0.15, 0.2) is 11.6 Å². The van der Waals surface area contributed by atoms with Crippen LogP contribution >= 0.6 is 22.9 Å². The number of hydrogen-bond acceptors (Lipinski definition) is 3. The van der Waals surface area contributed by atoms with Crippen LogP contribution in [0.4, 0.5) is 5.82 Å². The Bertz CT molecular complexity index is 605. The smallest absolute Gasteiger partial charge is 0.195 e. The molecule has 108 valence electrons. The van der Waals surface area contributed by atoms with E-state index in [4.69, 9.17) is 16.6 Å². The van der Waals surface area contributed by atoms with Gasteiger partial charge in [-0.1, -0.05) is 19.3 Å². The van der Waals surface area contributed by atoms with Crippen molar-refractivity contribution in [3.63, 3.8) is 0 Å². The van der Waals surface area contributed by atoms with Crippen molar-refractivity contribution in [2.45, 2.75) is 38.0 Å². The first-order chi connectivity index (χ1) is 9.86. The Labute approximate surface area is 128 Å². The second kappa shape index (κ2) is 5.23. The highest BCUT2D eigenvalue weighted by Gasteiger charge is 2.33. The molecule has 2 fully saturated rings. The lowest BCUT2D eigenvalue weighted by atomic mass is 9.75. The summed E-state index contributed by atoms with van der Waals surface area (Å²) in [5.41, 5.74) is 1.16. The summed E-state index contributed by atoms with van der Waals surface area (Å²) < 4.78 is 2.15. The third kappa shape index (κ3) is 2.04. The Morgan fingerprint density at radius 2 is 2.10 bits per heavy atom. The summed E-state index contributed by atoms with van der Waals surface area (Å²) in [6.07, 6.45) is 9.11. The van der Waals surface area contributed by atoms with E-state index in [2.05, 4.69) is 20.9 Å². The van der Waals surface area contributed by atoms with Crippen LogP contribution in [-0.2, 0) is 5.88 Å². The molecule has 3 nitrogen and oxygen atoms in total. The van der Waals surface area contributed by atoms with Crippen LogP contribution in [0.5, 0.6) is 0 Å². The molecule has 2 atom stereocenters. The SMILES string of the molecule is ClCc1c(N2CCC3CCCCC3C2)nc2sccn12. The van der Waals surface area contributed by atoms with E-state index in [1.54, 1.807) is 11.3 Å². The van der Waals surface area contributed by atoms with E-state index < -0.39 is 0 Å². The van der Waals surface area contributed by atoms with Crippen molar-refractivity contribution in [3.05, 3.63) is 17.3 Å². The molecule has 2 aliphatic rings. The minimum absolute atomic E-state index is 0.540. The highest BCUT2D eigenvalue weighted by atomic mass is 35.5. The van der Waals surface area contributed by atoms with E-state index in [-0.39, 0.29) is 0 Å². The first kappa shape index (κ1) is 13.0. The second-order valence-corrected chi connectivity index (χ2v) is 7.25. The average Bonchev–Trinajstić information content (AvgIpc) is 3.07. The van der Waals surface area contributed by atoms with Crippen LogP contribution in [-0.4, -0.2) is 22.5 Å². The van der Waals surface area contributed by atoms with Crippen LogP contribution in [0, 0.1) is 11.8 Å². The average molecular weight is 310 g/mol. The summed E-state index contributed by atoms with van der Waals surface area (Å²) in [6.45, 7) is 2.33. The highest BCUT2D eigenvalue weighted by molar-refractivity contribution is 7.15. The zero-order valence-corrected chi connectivity index (χ0v) is 13.2. The molecule has 0 radical (unpaired) electrons. The number of piperidine rings is 1.